The molecular formula is C9H16O2Si. The molecule has 0 bridgehead atoms. The molecule has 68 valence electrons. The van der Waals surface area contributed by atoms with Crippen LogP contribution < -0.4 is 0 Å². The first-order valence-electron chi connectivity index (χ1n) is 4.13. The van der Waals surface area contributed by atoms with E-state index in [1.807, 2.05) is 0 Å². The van der Waals surface area contributed by atoms with Crippen LogP contribution >= 0.6 is 0 Å². The molecule has 1 aliphatic carbocycles. The number of hydrogen-bond acceptors (Lipinski definition) is 2. The Balaban J connectivity index is 2.69. The standard InChI is InChI=1S/C9H16O2Si/c1-9(12(10-2)11-3)7-5-4-6-8-9/h4-7,12H,8H2,1-3H3. The third-order valence-electron chi connectivity index (χ3n) is 2.25. The molecule has 0 aromatic carbocycles. The van der Waals surface area contributed by atoms with E-state index in [4.69, 9.17) is 8.85 Å². The van der Waals surface area contributed by atoms with Gasteiger partial charge in [-0.3, -0.25) is 0 Å². The van der Waals surface area contributed by atoms with Gasteiger partial charge in [-0.2, -0.15) is 0 Å². The summed E-state index contributed by atoms with van der Waals surface area (Å²) in [4.78, 5) is 0. The van der Waals surface area contributed by atoms with E-state index in [0.29, 0.717) is 0 Å². The van der Waals surface area contributed by atoms with Gasteiger partial charge >= 0.3 is 9.28 Å². The molecule has 12 heavy (non-hydrogen) atoms. The van der Waals surface area contributed by atoms with Crippen molar-refractivity contribution in [3.05, 3.63) is 24.3 Å². The average Bonchev–Trinajstić information content (AvgIpc) is 2.07. The lowest BCUT2D eigenvalue weighted by molar-refractivity contribution is 0.254. The van der Waals surface area contributed by atoms with E-state index in [9.17, 15) is 0 Å². The lowest BCUT2D eigenvalue weighted by atomic mass is 10.0. The van der Waals surface area contributed by atoms with E-state index in [0.717, 1.165) is 6.42 Å². The van der Waals surface area contributed by atoms with Gasteiger partial charge in [0.15, 0.2) is 0 Å². The minimum absolute atomic E-state index is 0.123. The lowest BCUT2D eigenvalue weighted by Crippen LogP contribution is -2.33. The zero-order valence-electron chi connectivity index (χ0n) is 7.91. The minimum atomic E-state index is -1.53. The fourth-order valence-corrected chi connectivity index (χ4v) is 3.42. The maximum atomic E-state index is 5.37. The first-order chi connectivity index (χ1) is 5.73. The van der Waals surface area contributed by atoms with Crippen LogP contribution in [0.1, 0.15) is 13.3 Å². The van der Waals surface area contributed by atoms with E-state index in [1.54, 1.807) is 14.2 Å². The topological polar surface area (TPSA) is 18.5 Å². The number of allylic oxidation sites excluding steroid dienone is 4. The summed E-state index contributed by atoms with van der Waals surface area (Å²) in [6.45, 7) is 2.19. The second-order valence-electron chi connectivity index (χ2n) is 3.30. The molecule has 0 aromatic rings. The lowest BCUT2D eigenvalue weighted by Gasteiger charge is -2.31. The van der Waals surface area contributed by atoms with Gasteiger partial charge in [0.1, 0.15) is 0 Å². The van der Waals surface area contributed by atoms with Crippen molar-refractivity contribution in [3.8, 4) is 0 Å². The van der Waals surface area contributed by atoms with Gasteiger partial charge in [0.25, 0.3) is 0 Å². The first-order valence-corrected chi connectivity index (χ1v) is 5.65. The molecule has 2 nitrogen and oxygen atoms in total. The van der Waals surface area contributed by atoms with Gasteiger partial charge in [-0.25, -0.2) is 0 Å². The molecule has 1 atom stereocenters. The molecule has 0 radical (unpaired) electrons. The van der Waals surface area contributed by atoms with E-state index >= 15 is 0 Å². The van der Waals surface area contributed by atoms with Gasteiger partial charge in [-0.15, -0.1) is 0 Å². The van der Waals surface area contributed by atoms with Gasteiger partial charge in [-0.1, -0.05) is 31.2 Å². The summed E-state index contributed by atoms with van der Waals surface area (Å²) in [5.74, 6) is 0. The fourth-order valence-electron chi connectivity index (χ4n) is 1.55. The Labute approximate surface area is 75.7 Å². The predicted octanol–water partition coefficient (Wildman–Crippen LogP) is 1.78. The molecular weight excluding hydrogens is 168 g/mol. The van der Waals surface area contributed by atoms with E-state index in [1.165, 1.54) is 0 Å². The fraction of sp³-hybridized carbons (Fsp3) is 0.556. The normalized spacial score (nSPS) is 28.3. The average molecular weight is 184 g/mol. The minimum Gasteiger partial charge on any atom is -0.399 e. The summed E-state index contributed by atoms with van der Waals surface area (Å²) in [6, 6.07) is 0. The Bertz CT molecular complexity index is 197. The van der Waals surface area contributed by atoms with Crippen molar-refractivity contribution in [2.45, 2.75) is 18.4 Å². The summed E-state index contributed by atoms with van der Waals surface area (Å²) < 4.78 is 10.7. The van der Waals surface area contributed by atoms with Crippen molar-refractivity contribution in [2.24, 2.45) is 0 Å². The Kier molecular flexibility index (Phi) is 3.26. The first kappa shape index (κ1) is 9.70. The molecule has 0 aromatic heterocycles. The monoisotopic (exact) mass is 184 g/mol. The highest BCUT2D eigenvalue weighted by atomic mass is 28.3. The Hall–Kier alpha value is -0.383. The Morgan fingerprint density at radius 3 is 2.33 bits per heavy atom. The molecule has 3 heteroatoms. The van der Waals surface area contributed by atoms with Gasteiger partial charge < -0.3 is 8.85 Å². The molecule has 1 unspecified atom stereocenters. The number of hydrogen-bond donors (Lipinski definition) is 0. The van der Waals surface area contributed by atoms with Crippen molar-refractivity contribution in [1.29, 1.82) is 0 Å². The molecule has 0 amide bonds. The molecule has 0 aliphatic heterocycles. The Morgan fingerprint density at radius 2 is 1.92 bits per heavy atom. The van der Waals surface area contributed by atoms with Gasteiger partial charge in [0, 0.05) is 19.3 Å². The van der Waals surface area contributed by atoms with Crippen LogP contribution in [0.4, 0.5) is 0 Å². The molecule has 1 aliphatic rings. The summed E-state index contributed by atoms with van der Waals surface area (Å²) in [5.41, 5.74) is 0. The van der Waals surface area contributed by atoms with Crippen molar-refractivity contribution < 1.29 is 8.85 Å². The van der Waals surface area contributed by atoms with Gasteiger partial charge in [0.05, 0.1) is 0 Å². The van der Waals surface area contributed by atoms with Crippen LogP contribution in [-0.4, -0.2) is 23.5 Å². The van der Waals surface area contributed by atoms with Gasteiger partial charge in [0.2, 0.25) is 0 Å². The summed E-state index contributed by atoms with van der Waals surface area (Å²) in [6.07, 6.45) is 9.52. The molecule has 0 spiro atoms. The zero-order valence-corrected chi connectivity index (χ0v) is 9.07. The summed E-state index contributed by atoms with van der Waals surface area (Å²) in [5, 5.41) is 0.123. The van der Waals surface area contributed by atoms with Crippen LogP contribution in [0.2, 0.25) is 5.04 Å². The van der Waals surface area contributed by atoms with Crippen molar-refractivity contribution in [1.82, 2.24) is 0 Å². The molecule has 0 saturated heterocycles. The second kappa shape index (κ2) is 4.03. The highest BCUT2D eigenvalue weighted by Crippen LogP contribution is 2.38. The van der Waals surface area contributed by atoms with Gasteiger partial charge in [-0.05, 0) is 6.42 Å². The largest absolute Gasteiger partial charge is 0.399 e. The molecule has 0 saturated carbocycles. The maximum Gasteiger partial charge on any atom is 0.331 e. The summed E-state index contributed by atoms with van der Waals surface area (Å²) >= 11 is 0. The van der Waals surface area contributed by atoms with Crippen LogP contribution in [-0.2, 0) is 8.85 Å². The Morgan fingerprint density at radius 1 is 1.25 bits per heavy atom. The molecule has 0 fully saturated rings. The predicted molar refractivity (Wildman–Crippen MR) is 52.4 cm³/mol. The van der Waals surface area contributed by atoms with Crippen molar-refractivity contribution in [2.75, 3.05) is 14.2 Å². The highest BCUT2D eigenvalue weighted by molar-refractivity contribution is 6.49. The van der Waals surface area contributed by atoms with Crippen LogP contribution in [0.3, 0.4) is 0 Å². The smallest absolute Gasteiger partial charge is 0.331 e. The van der Waals surface area contributed by atoms with Crippen molar-refractivity contribution >= 4 is 9.28 Å². The van der Waals surface area contributed by atoms with Crippen LogP contribution in [0.25, 0.3) is 0 Å². The van der Waals surface area contributed by atoms with E-state index in [2.05, 4.69) is 31.2 Å². The summed E-state index contributed by atoms with van der Waals surface area (Å²) in [7, 11) is 1.94. The van der Waals surface area contributed by atoms with E-state index < -0.39 is 9.28 Å². The molecule has 1 rings (SSSR count). The van der Waals surface area contributed by atoms with Crippen LogP contribution in [0.5, 0.6) is 0 Å². The highest BCUT2D eigenvalue weighted by Gasteiger charge is 2.34. The van der Waals surface area contributed by atoms with Crippen LogP contribution in [0.15, 0.2) is 24.3 Å². The third-order valence-corrected chi connectivity index (χ3v) is 4.61. The number of rotatable bonds is 3. The van der Waals surface area contributed by atoms with Crippen LogP contribution in [0, 0.1) is 0 Å². The van der Waals surface area contributed by atoms with E-state index in [-0.39, 0.29) is 5.04 Å². The second-order valence-corrected chi connectivity index (χ2v) is 6.23. The quantitative estimate of drug-likeness (QED) is 0.622. The molecule has 0 heterocycles. The maximum absolute atomic E-state index is 5.37. The SMILES string of the molecule is CO[SiH](OC)C1(C)C=CC=CC1. The molecule has 0 N–H and O–H groups in total. The third kappa shape index (κ3) is 1.86. The van der Waals surface area contributed by atoms with Crippen molar-refractivity contribution in [3.63, 3.8) is 0 Å². The zero-order chi connectivity index (χ0) is 9.03.